The summed E-state index contributed by atoms with van der Waals surface area (Å²) in [5.41, 5.74) is -15.4. The first-order chi connectivity index (χ1) is 46.4. The van der Waals surface area contributed by atoms with E-state index in [9.17, 15) is 27.4 Å². The molecule has 2 heteroatoms. The molecule has 10 aromatic carbocycles. The van der Waals surface area contributed by atoms with E-state index in [-0.39, 0.29) is 4.90 Å². The number of nitrogens with zero attached hydrogens (tertiary/aromatic N) is 2. The van der Waals surface area contributed by atoms with E-state index in [4.69, 9.17) is 27.4 Å². The number of hydrogen-bond acceptors (Lipinski definition) is 1. The van der Waals surface area contributed by atoms with Crippen molar-refractivity contribution < 1.29 is 54.8 Å². The molecule has 1 heterocycles. The molecule has 282 valence electrons. The molecule has 0 aliphatic rings. The maximum absolute atomic E-state index is 9.98. The Morgan fingerprint density at radius 2 is 0.800 bits per heavy atom. The third-order valence-electron chi connectivity index (χ3n) is 8.81. The van der Waals surface area contributed by atoms with Crippen molar-refractivity contribution in [3.05, 3.63) is 242 Å². The predicted octanol–water partition coefficient (Wildman–Crippen LogP) is 16.1. The van der Waals surface area contributed by atoms with Crippen molar-refractivity contribution in [2.45, 2.75) is 0 Å². The van der Waals surface area contributed by atoms with Crippen LogP contribution < -0.4 is 4.90 Å². The highest BCUT2D eigenvalue weighted by molar-refractivity contribution is 6.10. The van der Waals surface area contributed by atoms with Gasteiger partial charge in [-0.05, 0) is 116 Å². The van der Waals surface area contributed by atoms with Crippen molar-refractivity contribution in [1.29, 1.82) is 0 Å². The molecule has 0 N–H and O–H groups in total. The van der Waals surface area contributed by atoms with Crippen LogP contribution in [0.25, 0.3) is 82.8 Å². The van der Waals surface area contributed by atoms with Crippen LogP contribution in [0.15, 0.2) is 242 Å². The van der Waals surface area contributed by atoms with Gasteiger partial charge in [-0.1, -0.05) is 175 Å². The molecule has 0 amide bonds. The second-order valence-corrected chi connectivity index (χ2v) is 12.3. The first kappa shape index (κ1) is 13.0. The maximum Gasteiger partial charge on any atom is 0.0651 e. The molecule has 0 spiro atoms. The molecule has 0 saturated heterocycles. The highest BCUT2D eigenvalue weighted by Gasteiger charge is 2.20. The zero-order chi connectivity index (χ0) is 74.6. The Morgan fingerprint density at radius 1 is 0.317 bits per heavy atom. The largest absolute Gasteiger partial charge is 0.310 e. The maximum atomic E-state index is 9.98. The smallest absolute Gasteiger partial charge is 0.0651 e. The van der Waals surface area contributed by atoms with E-state index in [0.717, 1.165) is 0 Å². The number of aromatic nitrogens is 1. The number of anilines is 3. The van der Waals surface area contributed by atoms with Crippen LogP contribution in [0.2, 0.25) is 0 Å². The molecule has 0 fully saturated rings. The molecular weight excluding hydrogens is 725 g/mol. The molecule has 1 aromatic heterocycles. The fourth-order valence-corrected chi connectivity index (χ4v) is 6.17. The van der Waals surface area contributed by atoms with Crippen LogP contribution in [0.5, 0.6) is 0 Å². The lowest BCUT2D eigenvalue weighted by Crippen LogP contribution is -2.11. The van der Waals surface area contributed by atoms with Gasteiger partial charge in [-0.2, -0.15) is 0 Å². The minimum atomic E-state index is -1.52. The van der Waals surface area contributed by atoms with Crippen molar-refractivity contribution in [1.82, 2.24) is 4.57 Å². The van der Waals surface area contributed by atoms with Crippen LogP contribution in [0.4, 0.5) is 17.1 Å². The summed E-state index contributed by atoms with van der Waals surface area (Å²) in [7, 11) is 0. The summed E-state index contributed by atoms with van der Waals surface area (Å²) >= 11 is 0. The summed E-state index contributed by atoms with van der Waals surface area (Å²) in [5.74, 6) is 0. The van der Waals surface area contributed by atoms with E-state index < -0.39 is 342 Å². The Labute approximate surface area is 406 Å². The number of rotatable bonds is 8. The molecule has 0 radical (unpaired) electrons. The molecule has 0 aliphatic carbocycles. The van der Waals surface area contributed by atoms with Crippen molar-refractivity contribution in [3.8, 4) is 50.2 Å². The van der Waals surface area contributed by atoms with Gasteiger partial charge in [-0.3, -0.25) is 0 Å². The molecule has 11 rings (SSSR count). The van der Waals surface area contributed by atoms with Crippen molar-refractivity contribution in [2.75, 3.05) is 4.90 Å². The molecule has 60 heavy (non-hydrogen) atoms. The van der Waals surface area contributed by atoms with Gasteiger partial charge in [0.25, 0.3) is 0 Å². The van der Waals surface area contributed by atoms with Gasteiger partial charge in [-0.25, -0.2) is 0 Å². The Bertz CT molecular complexity index is 5530. The normalized spacial score (nSPS) is 20.7. The lowest BCUT2D eigenvalue weighted by molar-refractivity contribution is 1.19. The Hall–Kier alpha value is -7.94. The fraction of sp³-hybridized carbons (Fsp3) is 0. The zero-order valence-electron chi connectivity index (χ0n) is 69.9. The summed E-state index contributed by atoms with van der Waals surface area (Å²) in [6, 6.07) is -46.6. The summed E-state index contributed by atoms with van der Waals surface area (Å²) < 4.78 is 365. The third kappa shape index (κ3) is 6.41. The van der Waals surface area contributed by atoms with Gasteiger partial charge in [0, 0.05) is 33.4 Å². The average Bonchev–Trinajstić information content (AvgIpc) is 1.42. The van der Waals surface area contributed by atoms with Gasteiger partial charge in [-0.15, -0.1) is 0 Å². The van der Waals surface area contributed by atoms with E-state index in [1.807, 2.05) is 0 Å². The quantitative estimate of drug-likeness (QED) is 0.149. The van der Waals surface area contributed by atoms with E-state index >= 15 is 0 Å². The minimum Gasteiger partial charge on any atom is -0.310 e. The predicted molar refractivity (Wildman–Crippen MR) is 255 cm³/mol. The molecule has 0 bridgehead atoms. The van der Waals surface area contributed by atoms with E-state index in [1.165, 1.54) is 0 Å². The molecule has 0 saturated carbocycles. The number of hydrogen-bond donors (Lipinski definition) is 0. The summed E-state index contributed by atoms with van der Waals surface area (Å²) in [6.45, 7) is 0. The van der Waals surface area contributed by atoms with Gasteiger partial charge in [0.05, 0.1) is 71.6 Å². The van der Waals surface area contributed by atoms with Crippen LogP contribution >= 0.6 is 0 Å². The van der Waals surface area contributed by atoms with Crippen molar-refractivity contribution >= 4 is 49.6 Å². The number of benzene rings is 10. The van der Waals surface area contributed by atoms with Gasteiger partial charge in [0.1, 0.15) is 0 Å². The second kappa shape index (κ2) is 15.1. The SMILES string of the molecule is [2H]c1c([2H])c([2H])c(-c2c([2H])c([2H])c(N(c3c([2H])c([2H])c(-c4c([2H])c([2H])c5c(c4[2H])c4c([2H])c([2H])c([2H])c([2H])c4n5-c4c([2H])c([2H])c5c([2H])c([2H])c([2H])c([2H])c5c4[2H])c([2H])c3[2H])c3c([2H])c([2H])c(-c4c([2H])c([2H])c([2H])c([2H])c4[2H])c([2H])c3-c3c([2H])c([2H])c([2H])c([2H])c3[2H])c([2H])c2[2H])c([2H])c1[2H]. The first-order valence-corrected chi connectivity index (χ1v) is 17.3. The minimum absolute atomic E-state index is 0.158. The topological polar surface area (TPSA) is 8.17 Å². The highest BCUT2D eigenvalue weighted by atomic mass is 15.1. The fourth-order valence-electron chi connectivity index (χ4n) is 6.17. The Morgan fingerprint density at radius 3 is 1.48 bits per heavy atom. The van der Waals surface area contributed by atoms with Crippen LogP contribution in [-0.2, 0) is 0 Å². The van der Waals surface area contributed by atoms with Gasteiger partial charge >= 0.3 is 0 Å². The third-order valence-corrected chi connectivity index (χ3v) is 8.81. The molecule has 0 atom stereocenters. The number of fused-ring (bicyclic) bond motifs is 4. The molecule has 2 nitrogen and oxygen atoms in total. The van der Waals surface area contributed by atoms with Crippen LogP contribution in [-0.4, -0.2) is 4.57 Å². The first-order valence-electron chi connectivity index (χ1n) is 37.3. The standard InChI is InChI=1S/C58H40N2/c1-4-14-41(15-5-1)44-24-31-50(32-25-44)59(57-36-29-48(42-16-6-2-7-17-42)39-54(57)46-19-8-3-9-20-46)51-33-26-45(27-34-51)49-30-37-58-55(40-49)53-22-12-13-23-56(53)60(58)52-35-28-43-18-10-11-21-47(43)38-52/h1-40H/i1D,2D,3D,4D,5D,6D,7D,8D,9D,10D,11D,12D,13D,14D,15D,16D,17D,18D,19D,20D,21D,22D,23D,24D,25D,26D,27D,28D,29D,30D,31D,32D,33D,34D,35D,36D,37D,38D,39D,40D. The Kier molecular flexibility index (Phi) is 3.28. The van der Waals surface area contributed by atoms with Crippen molar-refractivity contribution in [3.63, 3.8) is 0 Å². The molecule has 0 unspecified atom stereocenters. The van der Waals surface area contributed by atoms with E-state index in [2.05, 4.69) is 0 Å². The van der Waals surface area contributed by atoms with Gasteiger partial charge < -0.3 is 9.47 Å². The zero-order valence-corrected chi connectivity index (χ0v) is 29.9. The lowest BCUT2D eigenvalue weighted by atomic mass is 9.96. The highest BCUT2D eigenvalue weighted by Crippen LogP contribution is 2.44. The van der Waals surface area contributed by atoms with Gasteiger partial charge in [0.15, 0.2) is 0 Å². The van der Waals surface area contributed by atoms with Crippen LogP contribution in [0.3, 0.4) is 0 Å². The summed E-state index contributed by atoms with van der Waals surface area (Å²) in [4.78, 5) is 0.158. The van der Waals surface area contributed by atoms with E-state index in [0.29, 0.717) is 4.57 Å². The Balaban J connectivity index is 1.35. The average molecular weight is 805 g/mol. The summed E-state index contributed by atoms with van der Waals surface area (Å²) in [6.07, 6.45) is 0. The monoisotopic (exact) mass is 805 g/mol. The number of para-hydroxylation sites is 1. The summed E-state index contributed by atoms with van der Waals surface area (Å²) in [5, 5.41) is -2.85. The molecular formula is C58H40N2. The second-order valence-electron chi connectivity index (χ2n) is 12.3. The molecule has 0 aliphatic heterocycles. The van der Waals surface area contributed by atoms with Crippen LogP contribution in [0.1, 0.15) is 54.8 Å². The van der Waals surface area contributed by atoms with E-state index in [1.54, 1.807) is 0 Å². The lowest BCUT2D eigenvalue weighted by Gasteiger charge is -2.29. The van der Waals surface area contributed by atoms with Crippen LogP contribution in [0, 0.1) is 0 Å². The van der Waals surface area contributed by atoms with Crippen molar-refractivity contribution in [2.24, 2.45) is 0 Å². The van der Waals surface area contributed by atoms with Gasteiger partial charge in [0.2, 0.25) is 0 Å². The molecule has 11 aromatic rings.